The summed E-state index contributed by atoms with van der Waals surface area (Å²) in [6.07, 6.45) is 3.27. The Bertz CT molecular complexity index is 353. The lowest BCUT2D eigenvalue weighted by Crippen LogP contribution is -2.31. The van der Waals surface area contributed by atoms with Crippen LogP contribution in [0.4, 0.5) is 4.39 Å². The molecular weight excluding hydrogens is 241 g/mol. The SMILES string of the molecule is CCC(C)CN(CC)CCC(N)c1ccc(F)cn1. The first-order valence-corrected chi connectivity index (χ1v) is 7.16. The Morgan fingerprint density at radius 1 is 1.37 bits per heavy atom. The smallest absolute Gasteiger partial charge is 0.141 e. The molecule has 0 aliphatic heterocycles. The number of pyridine rings is 1. The van der Waals surface area contributed by atoms with Gasteiger partial charge in [0.2, 0.25) is 0 Å². The van der Waals surface area contributed by atoms with E-state index in [9.17, 15) is 4.39 Å². The molecule has 108 valence electrons. The molecule has 0 radical (unpaired) electrons. The highest BCUT2D eigenvalue weighted by Gasteiger charge is 2.12. The normalized spacial score (nSPS) is 14.6. The van der Waals surface area contributed by atoms with Gasteiger partial charge in [-0.1, -0.05) is 27.2 Å². The Kier molecular flexibility index (Phi) is 6.95. The molecule has 0 fully saturated rings. The van der Waals surface area contributed by atoms with E-state index in [4.69, 9.17) is 5.73 Å². The third-order valence-electron chi connectivity index (χ3n) is 3.60. The van der Waals surface area contributed by atoms with Gasteiger partial charge in [0.25, 0.3) is 0 Å². The van der Waals surface area contributed by atoms with Crippen LogP contribution in [-0.2, 0) is 0 Å². The molecule has 1 heterocycles. The van der Waals surface area contributed by atoms with Gasteiger partial charge in [-0.05, 0) is 37.6 Å². The molecule has 0 amide bonds. The van der Waals surface area contributed by atoms with Gasteiger partial charge >= 0.3 is 0 Å². The summed E-state index contributed by atoms with van der Waals surface area (Å²) in [5, 5.41) is 0. The molecule has 1 aromatic rings. The van der Waals surface area contributed by atoms with Crippen molar-refractivity contribution in [1.29, 1.82) is 0 Å². The summed E-state index contributed by atoms with van der Waals surface area (Å²) < 4.78 is 12.8. The predicted molar refractivity (Wildman–Crippen MR) is 77.3 cm³/mol. The summed E-state index contributed by atoms with van der Waals surface area (Å²) in [6.45, 7) is 9.76. The minimum absolute atomic E-state index is 0.119. The van der Waals surface area contributed by atoms with E-state index < -0.39 is 0 Å². The highest BCUT2D eigenvalue weighted by molar-refractivity contribution is 5.09. The maximum absolute atomic E-state index is 12.8. The number of hydrogen-bond donors (Lipinski definition) is 1. The van der Waals surface area contributed by atoms with Crippen LogP contribution in [0.25, 0.3) is 0 Å². The summed E-state index contributed by atoms with van der Waals surface area (Å²) in [6, 6.07) is 2.97. The first-order valence-electron chi connectivity index (χ1n) is 7.16. The maximum Gasteiger partial charge on any atom is 0.141 e. The van der Waals surface area contributed by atoms with Gasteiger partial charge < -0.3 is 10.6 Å². The van der Waals surface area contributed by atoms with E-state index in [0.29, 0.717) is 5.92 Å². The summed E-state index contributed by atoms with van der Waals surface area (Å²) in [4.78, 5) is 6.45. The van der Waals surface area contributed by atoms with Crippen LogP contribution in [0.3, 0.4) is 0 Å². The van der Waals surface area contributed by atoms with Crippen LogP contribution in [0, 0.1) is 11.7 Å². The van der Waals surface area contributed by atoms with Crippen molar-refractivity contribution in [2.24, 2.45) is 11.7 Å². The lowest BCUT2D eigenvalue weighted by molar-refractivity contribution is 0.237. The second-order valence-electron chi connectivity index (χ2n) is 5.20. The van der Waals surface area contributed by atoms with Crippen molar-refractivity contribution in [3.8, 4) is 0 Å². The van der Waals surface area contributed by atoms with Gasteiger partial charge in [0.05, 0.1) is 11.9 Å². The number of hydrogen-bond acceptors (Lipinski definition) is 3. The molecule has 1 rings (SSSR count). The second-order valence-corrected chi connectivity index (χ2v) is 5.20. The molecule has 2 atom stereocenters. The largest absolute Gasteiger partial charge is 0.323 e. The number of rotatable bonds is 8. The Balaban J connectivity index is 2.43. The van der Waals surface area contributed by atoms with E-state index in [-0.39, 0.29) is 11.9 Å². The minimum atomic E-state index is -0.317. The van der Waals surface area contributed by atoms with Gasteiger partial charge in [-0.2, -0.15) is 0 Å². The Morgan fingerprint density at radius 2 is 2.11 bits per heavy atom. The number of halogens is 1. The standard InChI is InChI=1S/C15H26FN3/c1-4-12(3)11-19(5-2)9-8-14(17)15-7-6-13(16)10-18-15/h6-7,10,12,14H,4-5,8-9,11,17H2,1-3H3. The van der Waals surface area contributed by atoms with Crippen molar-refractivity contribution in [3.05, 3.63) is 29.8 Å². The molecule has 3 nitrogen and oxygen atoms in total. The molecule has 1 aromatic heterocycles. The summed E-state index contributed by atoms with van der Waals surface area (Å²) in [5.74, 6) is 0.392. The van der Waals surface area contributed by atoms with Gasteiger partial charge in [0, 0.05) is 12.6 Å². The minimum Gasteiger partial charge on any atom is -0.323 e. The fraction of sp³-hybridized carbons (Fsp3) is 0.667. The zero-order valence-corrected chi connectivity index (χ0v) is 12.3. The molecule has 0 aliphatic rings. The topological polar surface area (TPSA) is 42.1 Å². The summed E-state index contributed by atoms with van der Waals surface area (Å²) in [5.41, 5.74) is 6.86. The van der Waals surface area contributed by atoms with Gasteiger partial charge in [-0.3, -0.25) is 4.98 Å². The molecule has 0 saturated heterocycles. The highest BCUT2D eigenvalue weighted by Crippen LogP contribution is 2.13. The fourth-order valence-corrected chi connectivity index (χ4v) is 2.02. The van der Waals surface area contributed by atoms with Crippen molar-refractivity contribution < 1.29 is 4.39 Å². The van der Waals surface area contributed by atoms with Crippen molar-refractivity contribution in [2.75, 3.05) is 19.6 Å². The van der Waals surface area contributed by atoms with E-state index in [1.54, 1.807) is 6.07 Å². The van der Waals surface area contributed by atoms with E-state index >= 15 is 0 Å². The van der Waals surface area contributed by atoms with Crippen molar-refractivity contribution >= 4 is 0 Å². The Morgan fingerprint density at radius 3 is 2.63 bits per heavy atom. The quantitative estimate of drug-likeness (QED) is 0.787. The first kappa shape index (κ1) is 16.1. The van der Waals surface area contributed by atoms with E-state index in [2.05, 4.69) is 30.7 Å². The average molecular weight is 267 g/mol. The van der Waals surface area contributed by atoms with Gasteiger partial charge in [0.1, 0.15) is 5.82 Å². The molecule has 0 spiro atoms. The molecule has 0 saturated carbocycles. The van der Waals surface area contributed by atoms with Crippen LogP contribution in [0.2, 0.25) is 0 Å². The third-order valence-corrected chi connectivity index (χ3v) is 3.60. The molecule has 0 aliphatic carbocycles. The third kappa shape index (κ3) is 5.66. The summed E-state index contributed by atoms with van der Waals surface area (Å²) in [7, 11) is 0. The molecular formula is C15H26FN3. The maximum atomic E-state index is 12.8. The lowest BCUT2D eigenvalue weighted by Gasteiger charge is -2.25. The van der Waals surface area contributed by atoms with Crippen molar-refractivity contribution in [2.45, 2.75) is 39.7 Å². The number of aromatic nitrogens is 1. The monoisotopic (exact) mass is 267 g/mol. The van der Waals surface area contributed by atoms with Crippen molar-refractivity contribution in [1.82, 2.24) is 9.88 Å². The zero-order chi connectivity index (χ0) is 14.3. The molecule has 19 heavy (non-hydrogen) atoms. The molecule has 0 aromatic carbocycles. The first-order chi connectivity index (χ1) is 9.06. The van der Waals surface area contributed by atoms with Gasteiger partial charge in [0.15, 0.2) is 0 Å². The second kappa shape index (κ2) is 8.23. The van der Waals surface area contributed by atoms with Crippen LogP contribution >= 0.6 is 0 Å². The molecule has 2 N–H and O–H groups in total. The molecule has 2 unspecified atom stereocenters. The van der Waals surface area contributed by atoms with Crippen molar-refractivity contribution in [3.63, 3.8) is 0 Å². The van der Waals surface area contributed by atoms with Crippen LogP contribution in [0.1, 0.15) is 45.3 Å². The van der Waals surface area contributed by atoms with E-state index in [1.807, 2.05) is 0 Å². The van der Waals surface area contributed by atoms with Crippen LogP contribution in [-0.4, -0.2) is 29.5 Å². The van der Waals surface area contributed by atoms with Gasteiger partial charge in [-0.25, -0.2) is 4.39 Å². The fourth-order valence-electron chi connectivity index (χ4n) is 2.02. The number of nitrogens with zero attached hydrogens (tertiary/aromatic N) is 2. The van der Waals surface area contributed by atoms with Crippen LogP contribution < -0.4 is 5.73 Å². The molecule has 4 heteroatoms. The number of nitrogens with two attached hydrogens (primary N) is 1. The van der Waals surface area contributed by atoms with E-state index in [1.165, 1.54) is 18.7 Å². The van der Waals surface area contributed by atoms with Gasteiger partial charge in [-0.15, -0.1) is 0 Å². The van der Waals surface area contributed by atoms with Crippen LogP contribution in [0.5, 0.6) is 0 Å². The summed E-state index contributed by atoms with van der Waals surface area (Å²) >= 11 is 0. The predicted octanol–water partition coefficient (Wildman–Crippen LogP) is 2.98. The lowest BCUT2D eigenvalue weighted by atomic mass is 10.1. The molecule has 0 bridgehead atoms. The highest BCUT2D eigenvalue weighted by atomic mass is 19.1. The van der Waals surface area contributed by atoms with Crippen LogP contribution in [0.15, 0.2) is 18.3 Å². The average Bonchev–Trinajstić information content (AvgIpc) is 2.43. The van der Waals surface area contributed by atoms with E-state index in [0.717, 1.165) is 31.7 Å². The zero-order valence-electron chi connectivity index (χ0n) is 12.3. The Labute approximate surface area is 116 Å². The Hall–Kier alpha value is -1.00.